The Hall–Kier alpha value is -3.28. The van der Waals surface area contributed by atoms with E-state index in [2.05, 4.69) is 14.8 Å². The van der Waals surface area contributed by atoms with Crippen molar-refractivity contribution in [3.63, 3.8) is 0 Å². The Morgan fingerprint density at radius 1 is 1.07 bits per heavy atom. The number of benzene rings is 2. The molecule has 8 nitrogen and oxygen atoms in total. The van der Waals surface area contributed by atoms with E-state index in [-0.39, 0.29) is 23.1 Å². The van der Waals surface area contributed by atoms with E-state index < -0.39 is 21.8 Å². The van der Waals surface area contributed by atoms with Crippen molar-refractivity contribution in [2.24, 2.45) is 0 Å². The van der Waals surface area contributed by atoms with Crippen molar-refractivity contribution in [3.8, 4) is 11.5 Å². The summed E-state index contributed by atoms with van der Waals surface area (Å²) in [5, 5.41) is 3.96. The van der Waals surface area contributed by atoms with E-state index in [0.29, 0.717) is 11.3 Å². The highest BCUT2D eigenvalue weighted by Gasteiger charge is 2.30. The van der Waals surface area contributed by atoms with Crippen LogP contribution in [0.15, 0.2) is 53.7 Å². The third kappa shape index (κ3) is 4.82. The predicted molar refractivity (Wildman–Crippen MR) is 101 cm³/mol. The standard InChI is InChI=1S/C18H17F3N4O4S/c1-28-15-7-6-14(9-16(15)29-2)30(26,27)24-17-22-11-25(23-17)10-12-4-3-5-13(8-12)18(19,20)21/h3-9,11H,10H2,1-2H3,(H,23,24). The number of alkyl halides is 3. The van der Waals surface area contributed by atoms with Gasteiger partial charge in [-0.3, -0.25) is 0 Å². The summed E-state index contributed by atoms with van der Waals surface area (Å²) in [6.45, 7) is -0.0188. The van der Waals surface area contributed by atoms with Gasteiger partial charge in [0.25, 0.3) is 16.0 Å². The van der Waals surface area contributed by atoms with Crippen LogP contribution in [0.5, 0.6) is 11.5 Å². The molecule has 0 radical (unpaired) electrons. The minimum Gasteiger partial charge on any atom is -0.493 e. The maximum absolute atomic E-state index is 12.8. The van der Waals surface area contributed by atoms with Gasteiger partial charge in [-0.05, 0) is 29.8 Å². The van der Waals surface area contributed by atoms with Crippen LogP contribution in [0.3, 0.4) is 0 Å². The topological polar surface area (TPSA) is 95.3 Å². The fraction of sp³-hybridized carbons (Fsp3) is 0.222. The van der Waals surface area contributed by atoms with Gasteiger partial charge in [-0.2, -0.15) is 18.2 Å². The molecular formula is C18H17F3N4O4S. The van der Waals surface area contributed by atoms with Crippen LogP contribution in [-0.2, 0) is 22.7 Å². The Kier molecular flexibility index (Phi) is 5.87. The van der Waals surface area contributed by atoms with E-state index in [1.165, 1.54) is 55.6 Å². The second-order valence-corrected chi connectivity index (χ2v) is 7.77. The van der Waals surface area contributed by atoms with Crippen molar-refractivity contribution in [3.05, 3.63) is 59.9 Å². The molecule has 0 spiro atoms. The molecular weight excluding hydrogens is 425 g/mol. The molecule has 0 atom stereocenters. The van der Waals surface area contributed by atoms with E-state index >= 15 is 0 Å². The summed E-state index contributed by atoms with van der Waals surface area (Å²) in [5.74, 6) is 0.361. The van der Waals surface area contributed by atoms with Crippen LogP contribution in [0.4, 0.5) is 19.1 Å². The normalized spacial score (nSPS) is 11.9. The number of nitrogens with one attached hydrogen (secondary N) is 1. The summed E-state index contributed by atoms with van der Waals surface area (Å²) in [5.41, 5.74) is -0.446. The summed E-state index contributed by atoms with van der Waals surface area (Å²) in [6.07, 6.45) is -3.24. The van der Waals surface area contributed by atoms with Gasteiger partial charge in [-0.1, -0.05) is 12.1 Å². The quantitative estimate of drug-likeness (QED) is 0.604. The molecule has 0 saturated heterocycles. The van der Waals surface area contributed by atoms with Crippen LogP contribution in [0.2, 0.25) is 0 Å². The van der Waals surface area contributed by atoms with Crippen molar-refractivity contribution in [2.75, 3.05) is 18.9 Å². The van der Waals surface area contributed by atoms with Gasteiger partial charge in [0.05, 0.1) is 31.2 Å². The number of anilines is 1. The van der Waals surface area contributed by atoms with Gasteiger partial charge < -0.3 is 9.47 Å². The Morgan fingerprint density at radius 2 is 1.80 bits per heavy atom. The Labute approximate surface area is 170 Å². The average Bonchev–Trinajstić information content (AvgIpc) is 3.12. The summed E-state index contributed by atoms with van der Waals surface area (Å²) in [6, 6.07) is 8.79. The molecule has 3 aromatic rings. The highest BCUT2D eigenvalue weighted by molar-refractivity contribution is 7.92. The lowest BCUT2D eigenvalue weighted by atomic mass is 10.1. The van der Waals surface area contributed by atoms with Gasteiger partial charge in [0.2, 0.25) is 0 Å². The van der Waals surface area contributed by atoms with Crippen LogP contribution in [0.25, 0.3) is 0 Å². The molecule has 0 fully saturated rings. The second-order valence-electron chi connectivity index (χ2n) is 6.09. The molecule has 0 aliphatic carbocycles. The van der Waals surface area contributed by atoms with E-state index in [4.69, 9.17) is 9.47 Å². The highest BCUT2D eigenvalue weighted by Crippen LogP contribution is 2.30. The molecule has 0 aliphatic heterocycles. The lowest BCUT2D eigenvalue weighted by Gasteiger charge is -2.10. The molecule has 160 valence electrons. The molecule has 1 heterocycles. The van der Waals surface area contributed by atoms with Crippen LogP contribution < -0.4 is 14.2 Å². The number of hydrogen-bond acceptors (Lipinski definition) is 6. The van der Waals surface area contributed by atoms with Crippen LogP contribution >= 0.6 is 0 Å². The van der Waals surface area contributed by atoms with Crippen molar-refractivity contribution >= 4 is 16.0 Å². The maximum Gasteiger partial charge on any atom is 0.416 e. The molecule has 2 aromatic carbocycles. The average molecular weight is 442 g/mol. The maximum atomic E-state index is 12.8. The highest BCUT2D eigenvalue weighted by atomic mass is 32.2. The van der Waals surface area contributed by atoms with Crippen molar-refractivity contribution in [2.45, 2.75) is 17.6 Å². The number of sulfonamides is 1. The Morgan fingerprint density at radius 3 is 2.47 bits per heavy atom. The first-order valence-corrected chi connectivity index (χ1v) is 9.91. The lowest BCUT2D eigenvalue weighted by Crippen LogP contribution is -2.14. The number of aromatic nitrogens is 3. The number of hydrogen-bond donors (Lipinski definition) is 1. The number of halogens is 3. The summed E-state index contributed by atoms with van der Waals surface area (Å²) < 4.78 is 77.2. The van der Waals surface area contributed by atoms with Crippen LogP contribution in [0, 0.1) is 0 Å². The summed E-state index contributed by atoms with van der Waals surface area (Å²) in [7, 11) is -1.23. The van der Waals surface area contributed by atoms with Gasteiger partial charge in [0.1, 0.15) is 6.33 Å². The Bertz CT molecular complexity index is 1150. The van der Waals surface area contributed by atoms with E-state index in [1.54, 1.807) is 0 Å². The number of methoxy groups -OCH3 is 2. The van der Waals surface area contributed by atoms with Gasteiger partial charge in [-0.25, -0.2) is 17.8 Å². The van der Waals surface area contributed by atoms with Crippen molar-refractivity contribution < 1.29 is 31.1 Å². The number of rotatable bonds is 7. The van der Waals surface area contributed by atoms with Crippen LogP contribution in [0.1, 0.15) is 11.1 Å². The molecule has 1 N–H and O–H groups in total. The first-order valence-electron chi connectivity index (χ1n) is 8.43. The monoisotopic (exact) mass is 442 g/mol. The molecule has 0 aliphatic rings. The number of ether oxygens (including phenoxy) is 2. The van der Waals surface area contributed by atoms with Crippen molar-refractivity contribution in [1.82, 2.24) is 14.8 Å². The zero-order chi connectivity index (χ0) is 21.9. The van der Waals surface area contributed by atoms with E-state index in [9.17, 15) is 21.6 Å². The third-order valence-electron chi connectivity index (χ3n) is 4.03. The zero-order valence-corrected chi connectivity index (χ0v) is 16.7. The molecule has 0 unspecified atom stereocenters. The Balaban J connectivity index is 1.77. The molecule has 12 heteroatoms. The third-order valence-corrected chi connectivity index (χ3v) is 5.35. The first kappa shape index (κ1) is 21.4. The van der Waals surface area contributed by atoms with E-state index in [0.717, 1.165) is 12.1 Å². The van der Waals surface area contributed by atoms with E-state index in [1.807, 2.05) is 0 Å². The van der Waals surface area contributed by atoms with Gasteiger partial charge in [0, 0.05) is 6.07 Å². The number of nitrogens with zero attached hydrogens (tertiary/aromatic N) is 3. The summed E-state index contributed by atoms with van der Waals surface area (Å²) >= 11 is 0. The smallest absolute Gasteiger partial charge is 0.416 e. The molecule has 1 aromatic heterocycles. The summed E-state index contributed by atoms with van der Waals surface area (Å²) in [4.78, 5) is 3.75. The first-order chi connectivity index (χ1) is 14.1. The molecule has 3 rings (SSSR count). The minimum absolute atomic E-state index is 0.0188. The minimum atomic E-state index is -4.46. The van der Waals surface area contributed by atoms with Gasteiger partial charge in [-0.15, -0.1) is 5.10 Å². The lowest BCUT2D eigenvalue weighted by molar-refractivity contribution is -0.137. The molecule has 0 amide bonds. The van der Waals surface area contributed by atoms with Crippen LogP contribution in [-0.4, -0.2) is 37.4 Å². The second kappa shape index (κ2) is 8.22. The largest absolute Gasteiger partial charge is 0.493 e. The fourth-order valence-corrected chi connectivity index (χ4v) is 3.57. The SMILES string of the molecule is COc1ccc(S(=O)(=O)Nc2ncn(Cc3cccc(C(F)(F)F)c3)n2)cc1OC. The molecule has 30 heavy (non-hydrogen) atoms. The van der Waals surface area contributed by atoms with Gasteiger partial charge >= 0.3 is 6.18 Å². The van der Waals surface area contributed by atoms with Crippen molar-refractivity contribution in [1.29, 1.82) is 0 Å². The predicted octanol–water partition coefficient (Wildman–Crippen LogP) is 3.16. The molecule has 0 saturated carbocycles. The van der Waals surface area contributed by atoms with Gasteiger partial charge in [0.15, 0.2) is 11.5 Å². The molecule has 0 bridgehead atoms. The fourth-order valence-electron chi connectivity index (χ4n) is 2.61. The zero-order valence-electron chi connectivity index (χ0n) is 15.8.